The molecule has 9 heteroatoms. The lowest BCUT2D eigenvalue weighted by Crippen LogP contribution is -2.46. The van der Waals surface area contributed by atoms with Crippen molar-refractivity contribution in [3.8, 4) is 5.75 Å². The molecular weight excluding hydrogens is 554 g/mol. The fourth-order valence-electron chi connectivity index (χ4n) is 4.82. The van der Waals surface area contributed by atoms with Crippen LogP contribution < -0.4 is 14.5 Å². The number of carbonyl (C=O) groups excluding carboxylic acids is 1. The van der Waals surface area contributed by atoms with E-state index in [-0.39, 0.29) is 11.7 Å². The third kappa shape index (κ3) is 8.15. The summed E-state index contributed by atoms with van der Waals surface area (Å²) in [6, 6.07) is 30.3. The van der Waals surface area contributed by atoms with E-state index < -0.39 is 0 Å². The predicted octanol–water partition coefficient (Wildman–Crippen LogP) is 5.83. The van der Waals surface area contributed by atoms with Crippen molar-refractivity contribution >= 4 is 40.8 Å². The quantitative estimate of drug-likeness (QED) is 0.124. The number of thioether (sulfide) groups is 1. The van der Waals surface area contributed by atoms with Gasteiger partial charge >= 0.3 is 0 Å². The number of anilines is 2. The summed E-state index contributed by atoms with van der Waals surface area (Å²) in [5.74, 6) is 1.94. The van der Waals surface area contributed by atoms with Crippen molar-refractivity contribution in [2.24, 2.45) is 0 Å². The number of hydrogen-bond acceptors (Lipinski definition) is 7. The Labute approximate surface area is 251 Å². The van der Waals surface area contributed by atoms with Crippen LogP contribution in [0.4, 0.5) is 11.5 Å². The van der Waals surface area contributed by atoms with E-state index in [0.717, 1.165) is 49.7 Å². The maximum Gasteiger partial charge on any atom is 0.233 e. The molecule has 2 heterocycles. The molecule has 1 aliphatic rings. The van der Waals surface area contributed by atoms with Gasteiger partial charge in [0.05, 0.1) is 12.9 Å². The number of rotatable bonds is 11. The van der Waals surface area contributed by atoms with Crippen LogP contribution in [0.15, 0.2) is 96.2 Å². The maximum absolute atomic E-state index is 13.4. The van der Waals surface area contributed by atoms with E-state index >= 15 is 0 Å². The Hall–Kier alpha value is -3.75. The molecular formula is C32H34ClN5O2S. The first-order valence-electron chi connectivity index (χ1n) is 13.7. The summed E-state index contributed by atoms with van der Waals surface area (Å²) in [6.07, 6.45) is 0.796. The highest BCUT2D eigenvalue weighted by molar-refractivity contribution is 7.99. The second-order valence-corrected chi connectivity index (χ2v) is 11.2. The van der Waals surface area contributed by atoms with E-state index in [0.29, 0.717) is 23.4 Å². The molecule has 0 spiro atoms. The normalized spacial score (nSPS) is 13.2. The topological polar surface area (TPSA) is 61.8 Å². The minimum Gasteiger partial charge on any atom is -0.497 e. The number of carbonyl (C=O) groups is 1. The maximum atomic E-state index is 13.4. The number of amides is 1. The molecule has 1 amide bonds. The van der Waals surface area contributed by atoms with Crippen LogP contribution in [-0.2, 0) is 17.8 Å². The molecule has 5 rings (SSSR count). The molecule has 0 N–H and O–H groups in total. The molecule has 1 aromatic heterocycles. The van der Waals surface area contributed by atoms with E-state index in [2.05, 4.69) is 51.2 Å². The monoisotopic (exact) mass is 587 g/mol. The zero-order valence-electron chi connectivity index (χ0n) is 23.2. The molecule has 0 unspecified atom stereocenters. The fraction of sp³-hybridized carbons (Fsp3) is 0.281. The molecule has 0 saturated carbocycles. The van der Waals surface area contributed by atoms with Gasteiger partial charge in [0, 0.05) is 51.0 Å². The molecule has 0 aliphatic carbocycles. The van der Waals surface area contributed by atoms with Gasteiger partial charge in [0.1, 0.15) is 16.7 Å². The van der Waals surface area contributed by atoms with E-state index in [1.165, 1.54) is 23.0 Å². The minimum atomic E-state index is 0.0491. The molecule has 1 aliphatic heterocycles. The summed E-state index contributed by atoms with van der Waals surface area (Å²) in [6.45, 7) is 4.56. The highest BCUT2D eigenvalue weighted by atomic mass is 35.5. The number of benzene rings is 3. The average molecular weight is 588 g/mol. The Morgan fingerprint density at radius 1 is 0.878 bits per heavy atom. The van der Waals surface area contributed by atoms with Gasteiger partial charge in [-0.05, 0) is 41.8 Å². The van der Waals surface area contributed by atoms with Gasteiger partial charge in [0.2, 0.25) is 5.91 Å². The number of halogens is 1. The van der Waals surface area contributed by atoms with Crippen LogP contribution in [0.5, 0.6) is 5.75 Å². The van der Waals surface area contributed by atoms with Crippen LogP contribution in [0, 0.1) is 0 Å². The van der Waals surface area contributed by atoms with E-state index in [4.69, 9.17) is 21.3 Å². The highest BCUT2D eigenvalue weighted by Gasteiger charge is 2.21. The molecule has 7 nitrogen and oxygen atoms in total. The Kier molecular flexibility index (Phi) is 9.99. The van der Waals surface area contributed by atoms with Gasteiger partial charge in [0.25, 0.3) is 0 Å². The molecule has 1 fully saturated rings. The molecule has 1 saturated heterocycles. The molecule has 0 atom stereocenters. The van der Waals surface area contributed by atoms with E-state index in [1.54, 1.807) is 13.2 Å². The van der Waals surface area contributed by atoms with Gasteiger partial charge in [-0.25, -0.2) is 9.97 Å². The molecule has 212 valence electrons. The zero-order valence-corrected chi connectivity index (χ0v) is 24.7. The van der Waals surface area contributed by atoms with Crippen LogP contribution in [0.1, 0.15) is 11.1 Å². The lowest BCUT2D eigenvalue weighted by molar-refractivity contribution is -0.128. The zero-order chi connectivity index (χ0) is 28.4. The van der Waals surface area contributed by atoms with Crippen LogP contribution in [-0.4, -0.2) is 66.4 Å². The van der Waals surface area contributed by atoms with Crippen LogP contribution in [0.25, 0.3) is 0 Å². The number of nitrogens with zero attached hydrogens (tertiary/aromatic N) is 5. The standard InChI is InChI=1S/C32H34ClN5O2S/c1-40-28-14-12-27(13-15-28)36-18-20-37(21-19-36)30-22-29(33)34-32(35-30)41-24-31(39)38(23-26-10-6-3-7-11-26)17-16-25-8-4-2-5-9-25/h2-15,22H,16-21,23-24H2,1H3. The van der Waals surface area contributed by atoms with Gasteiger partial charge < -0.3 is 19.4 Å². The number of hydrogen-bond donors (Lipinski definition) is 0. The van der Waals surface area contributed by atoms with Gasteiger partial charge in [-0.1, -0.05) is 84.0 Å². The van der Waals surface area contributed by atoms with Crippen molar-refractivity contribution in [1.82, 2.24) is 14.9 Å². The summed E-state index contributed by atoms with van der Waals surface area (Å²) >= 11 is 7.75. The van der Waals surface area contributed by atoms with Gasteiger partial charge in [-0.2, -0.15) is 0 Å². The van der Waals surface area contributed by atoms with Gasteiger partial charge in [-0.3, -0.25) is 4.79 Å². The predicted molar refractivity (Wildman–Crippen MR) is 167 cm³/mol. The molecule has 0 bridgehead atoms. The molecule has 3 aromatic carbocycles. The lowest BCUT2D eigenvalue weighted by Gasteiger charge is -2.36. The third-order valence-corrected chi connectivity index (χ3v) is 8.13. The van der Waals surface area contributed by atoms with Crippen molar-refractivity contribution in [3.63, 3.8) is 0 Å². The van der Waals surface area contributed by atoms with Gasteiger partial charge in [0.15, 0.2) is 5.16 Å². The first-order chi connectivity index (χ1) is 20.1. The number of ether oxygens (including phenoxy) is 1. The fourth-order valence-corrected chi connectivity index (χ4v) is 5.80. The second-order valence-electron chi connectivity index (χ2n) is 9.83. The van der Waals surface area contributed by atoms with Crippen molar-refractivity contribution in [1.29, 1.82) is 0 Å². The number of methoxy groups -OCH3 is 1. The highest BCUT2D eigenvalue weighted by Crippen LogP contribution is 2.25. The van der Waals surface area contributed by atoms with Crippen molar-refractivity contribution < 1.29 is 9.53 Å². The minimum absolute atomic E-state index is 0.0491. The Bertz CT molecular complexity index is 1400. The molecule has 41 heavy (non-hydrogen) atoms. The first-order valence-corrected chi connectivity index (χ1v) is 15.1. The molecule has 4 aromatic rings. The smallest absolute Gasteiger partial charge is 0.233 e. The third-order valence-electron chi connectivity index (χ3n) is 7.11. The number of aromatic nitrogens is 2. The summed E-state index contributed by atoms with van der Waals surface area (Å²) < 4.78 is 5.28. The van der Waals surface area contributed by atoms with Gasteiger partial charge in [-0.15, -0.1) is 0 Å². The summed E-state index contributed by atoms with van der Waals surface area (Å²) in [7, 11) is 1.68. The van der Waals surface area contributed by atoms with E-state index in [9.17, 15) is 4.79 Å². The van der Waals surface area contributed by atoms with Crippen LogP contribution in [0.3, 0.4) is 0 Å². The number of piperazine rings is 1. The largest absolute Gasteiger partial charge is 0.497 e. The first kappa shape index (κ1) is 28.8. The van der Waals surface area contributed by atoms with Crippen LogP contribution in [0.2, 0.25) is 5.15 Å². The van der Waals surface area contributed by atoms with Crippen molar-refractivity contribution in [2.75, 3.05) is 55.4 Å². The molecule has 0 radical (unpaired) electrons. The Balaban J connectivity index is 1.20. The second kappa shape index (κ2) is 14.2. The van der Waals surface area contributed by atoms with Crippen molar-refractivity contribution in [3.05, 3.63) is 107 Å². The van der Waals surface area contributed by atoms with Crippen LogP contribution >= 0.6 is 23.4 Å². The Morgan fingerprint density at radius 2 is 1.51 bits per heavy atom. The lowest BCUT2D eigenvalue weighted by atomic mass is 10.1. The summed E-state index contributed by atoms with van der Waals surface area (Å²) in [5.41, 5.74) is 3.49. The van der Waals surface area contributed by atoms with Crippen molar-refractivity contribution in [2.45, 2.75) is 18.1 Å². The summed E-state index contributed by atoms with van der Waals surface area (Å²) in [5, 5.41) is 0.897. The summed E-state index contributed by atoms with van der Waals surface area (Å²) in [4.78, 5) is 29.1. The van der Waals surface area contributed by atoms with E-state index in [1.807, 2.05) is 53.4 Å². The average Bonchev–Trinajstić information content (AvgIpc) is 3.03. The Morgan fingerprint density at radius 3 is 2.17 bits per heavy atom. The SMILES string of the molecule is COc1ccc(N2CCN(c3cc(Cl)nc(SCC(=O)N(CCc4ccccc4)Cc4ccccc4)n3)CC2)cc1.